The van der Waals surface area contributed by atoms with E-state index >= 15 is 0 Å². The van der Waals surface area contributed by atoms with Crippen LogP contribution in [-0.2, 0) is 4.79 Å². The number of anilines is 1. The molecular formula is C18H24N4O2S. The molecule has 1 amide bonds. The molecule has 4 N–H and O–H groups in total. The minimum atomic E-state index is 0.115. The summed E-state index contributed by atoms with van der Waals surface area (Å²) in [6.45, 7) is 2.27. The van der Waals surface area contributed by atoms with Gasteiger partial charge in [0.25, 0.3) is 0 Å². The first kappa shape index (κ1) is 20.4. The zero-order valence-corrected chi connectivity index (χ0v) is 15.1. The molecule has 1 aromatic heterocycles. The number of nitrogens with two attached hydrogens (primary N) is 1. The van der Waals surface area contributed by atoms with Gasteiger partial charge >= 0.3 is 0 Å². The van der Waals surface area contributed by atoms with Crippen LogP contribution < -0.4 is 16.0 Å². The molecule has 1 fully saturated rings. The first-order chi connectivity index (χ1) is 12.2. The van der Waals surface area contributed by atoms with Gasteiger partial charge in [-0.05, 0) is 48.6 Å². The lowest BCUT2D eigenvalue weighted by Crippen LogP contribution is -2.17. The molecular weight excluding hydrogens is 336 g/mol. The molecule has 0 aliphatic carbocycles. The number of nitrogens with zero attached hydrogens (tertiary/aromatic N) is 1. The summed E-state index contributed by atoms with van der Waals surface area (Å²) >= 11 is 1.56. The Morgan fingerprint density at radius 2 is 1.76 bits per heavy atom. The van der Waals surface area contributed by atoms with E-state index in [2.05, 4.69) is 28.1 Å². The van der Waals surface area contributed by atoms with E-state index in [1.54, 1.807) is 18.4 Å². The van der Waals surface area contributed by atoms with Crippen LogP contribution in [0.3, 0.4) is 0 Å². The van der Waals surface area contributed by atoms with E-state index in [1.165, 1.54) is 18.5 Å². The fourth-order valence-electron chi connectivity index (χ4n) is 2.36. The monoisotopic (exact) mass is 360 g/mol. The van der Waals surface area contributed by atoms with Crippen molar-refractivity contribution in [1.82, 2.24) is 5.32 Å². The molecule has 7 heteroatoms. The fourth-order valence-corrected chi connectivity index (χ4v) is 3.00. The van der Waals surface area contributed by atoms with Gasteiger partial charge in [-0.25, -0.2) is 0 Å². The molecule has 1 aromatic carbocycles. The molecule has 0 atom stereocenters. The number of amides is 1. The summed E-state index contributed by atoms with van der Waals surface area (Å²) in [5, 5.41) is 11.9. The normalized spacial score (nSPS) is 12.1. The van der Waals surface area contributed by atoms with Crippen molar-refractivity contribution in [3.05, 3.63) is 52.2 Å². The third kappa shape index (κ3) is 6.76. The van der Waals surface area contributed by atoms with Crippen molar-refractivity contribution in [2.45, 2.75) is 12.8 Å². The molecule has 0 unspecified atom stereocenters. The molecule has 1 saturated heterocycles. The molecule has 0 saturated carbocycles. The van der Waals surface area contributed by atoms with E-state index in [1.807, 2.05) is 29.0 Å². The zero-order valence-electron chi connectivity index (χ0n) is 14.3. The quantitative estimate of drug-likeness (QED) is 0.338. The van der Waals surface area contributed by atoms with Crippen LogP contribution in [0.4, 0.5) is 5.69 Å². The lowest BCUT2D eigenvalue weighted by atomic mass is 10.1. The van der Waals surface area contributed by atoms with E-state index in [0.717, 1.165) is 30.6 Å². The van der Waals surface area contributed by atoms with Gasteiger partial charge in [-0.3, -0.25) is 15.0 Å². The van der Waals surface area contributed by atoms with Crippen LogP contribution in [0.5, 0.6) is 0 Å². The van der Waals surface area contributed by atoms with Crippen molar-refractivity contribution < 1.29 is 9.59 Å². The van der Waals surface area contributed by atoms with Crippen LogP contribution in [0.15, 0.2) is 41.1 Å². The lowest BCUT2D eigenvalue weighted by molar-refractivity contribution is -0.109. The van der Waals surface area contributed by atoms with Crippen molar-refractivity contribution in [2.24, 2.45) is 5.73 Å². The van der Waals surface area contributed by atoms with Crippen molar-refractivity contribution in [2.75, 3.05) is 25.0 Å². The van der Waals surface area contributed by atoms with E-state index in [4.69, 9.17) is 10.2 Å². The van der Waals surface area contributed by atoms with E-state index in [9.17, 15) is 4.79 Å². The Bertz CT molecular complexity index is 636. The molecule has 0 spiro atoms. The number of nitrogens with one attached hydrogen (secondary N) is 2. The number of benzene rings is 1. The van der Waals surface area contributed by atoms with Crippen LogP contribution in [0.25, 0.3) is 0 Å². The second-order valence-corrected chi connectivity index (χ2v) is 5.94. The third-order valence-electron chi connectivity index (χ3n) is 3.50. The molecule has 1 aliphatic rings. The number of hydrogen-bond acceptors (Lipinski definition) is 5. The predicted molar refractivity (Wildman–Crippen MR) is 104 cm³/mol. The highest BCUT2D eigenvalue weighted by Crippen LogP contribution is 2.21. The molecule has 3 rings (SSSR count). The molecule has 134 valence electrons. The Hall–Kier alpha value is -2.67. The maximum absolute atomic E-state index is 12.1. The molecule has 6 nitrogen and oxygen atoms in total. The largest absolute Gasteiger partial charge is 0.390 e. The highest BCUT2D eigenvalue weighted by Gasteiger charge is 2.13. The summed E-state index contributed by atoms with van der Waals surface area (Å²) < 4.78 is 0. The Labute approximate surface area is 152 Å². The van der Waals surface area contributed by atoms with Gasteiger partial charge in [-0.1, -0.05) is 0 Å². The zero-order chi connectivity index (χ0) is 18.5. The Balaban J connectivity index is 0.000000386. The molecule has 2 heterocycles. The average molecular weight is 360 g/mol. The van der Waals surface area contributed by atoms with Gasteiger partial charge in [0.05, 0.1) is 6.34 Å². The number of carbonyl (C=O) groups excluding carboxylic acids is 2. The van der Waals surface area contributed by atoms with Crippen LogP contribution in [0.2, 0.25) is 0 Å². The maximum atomic E-state index is 12.1. The first-order valence-electron chi connectivity index (χ1n) is 7.91. The van der Waals surface area contributed by atoms with Crippen LogP contribution >= 0.6 is 11.3 Å². The Morgan fingerprint density at radius 3 is 2.20 bits per heavy atom. The number of rotatable bonds is 4. The average Bonchev–Trinajstić information content (AvgIpc) is 3.36. The molecule has 1 aliphatic heterocycles. The number of carbonyl (C=O) groups is 2. The standard InChI is InChI=1S/C15H15NOS.C2H5NO.CH4N2/c17-15(13-7-10-18-11-13)12-3-5-14(6-4-12)16-8-1-2-9-16;1-3-2-4;2-1-3/h3-7,10-11H,1-2,8-9H2;2H,1H3,(H,3,4);1H,(H3,2,3). The summed E-state index contributed by atoms with van der Waals surface area (Å²) in [6.07, 6.45) is 3.92. The Morgan fingerprint density at radius 1 is 1.20 bits per heavy atom. The summed E-state index contributed by atoms with van der Waals surface area (Å²) in [7, 11) is 1.56. The van der Waals surface area contributed by atoms with E-state index < -0.39 is 0 Å². The highest BCUT2D eigenvalue weighted by atomic mass is 32.1. The van der Waals surface area contributed by atoms with Crippen molar-refractivity contribution in [3.8, 4) is 0 Å². The van der Waals surface area contributed by atoms with E-state index in [-0.39, 0.29) is 5.78 Å². The number of ketones is 1. The Kier molecular flexibility index (Phi) is 9.62. The molecule has 2 aromatic rings. The summed E-state index contributed by atoms with van der Waals surface area (Å²) in [4.78, 5) is 23.6. The minimum absolute atomic E-state index is 0.115. The predicted octanol–water partition coefficient (Wildman–Crippen LogP) is 2.49. The van der Waals surface area contributed by atoms with Crippen LogP contribution in [-0.4, -0.2) is 38.7 Å². The molecule has 25 heavy (non-hydrogen) atoms. The number of hydrogen-bond donors (Lipinski definition) is 3. The van der Waals surface area contributed by atoms with Crippen molar-refractivity contribution >= 4 is 35.6 Å². The first-order valence-corrected chi connectivity index (χ1v) is 8.85. The smallest absolute Gasteiger partial charge is 0.206 e. The molecule has 0 bridgehead atoms. The highest BCUT2D eigenvalue weighted by molar-refractivity contribution is 7.08. The van der Waals surface area contributed by atoms with E-state index in [0.29, 0.717) is 6.41 Å². The SMILES string of the molecule is CNC=O.N=CN.O=C(c1ccc(N2CCCC2)cc1)c1ccsc1. The van der Waals surface area contributed by atoms with Crippen LogP contribution in [0, 0.1) is 5.41 Å². The van der Waals surface area contributed by atoms with Crippen LogP contribution in [0.1, 0.15) is 28.8 Å². The third-order valence-corrected chi connectivity index (χ3v) is 4.19. The van der Waals surface area contributed by atoms with Gasteiger partial charge < -0.3 is 16.0 Å². The van der Waals surface area contributed by atoms with Crippen molar-refractivity contribution in [1.29, 1.82) is 5.41 Å². The summed E-state index contributed by atoms with van der Waals surface area (Å²) in [6, 6.07) is 9.87. The maximum Gasteiger partial charge on any atom is 0.206 e. The van der Waals surface area contributed by atoms with Gasteiger partial charge in [0.2, 0.25) is 6.41 Å². The van der Waals surface area contributed by atoms with Gasteiger partial charge in [-0.2, -0.15) is 11.3 Å². The van der Waals surface area contributed by atoms with Gasteiger partial charge in [0.15, 0.2) is 5.78 Å². The lowest BCUT2D eigenvalue weighted by Gasteiger charge is -2.17. The second kappa shape index (κ2) is 11.8. The minimum Gasteiger partial charge on any atom is -0.390 e. The van der Waals surface area contributed by atoms with Gasteiger partial charge in [0, 0.05) is 42.3 Å². The second-order valence-electron chi connectivity index (χ2n) is 5.16. The van der Waals surface area contributed by atoms with Gasteiger partial charge in [-0.15, -0.1) is 0 Å². The van der Waals surface area contributed by atoms with Gasteiger partial charge in [0.1, 0.15) is 0 Å². The fraction of sp³-hybridized carbons (Fsp3) is 0.278. The summed E-state index contributed by atoms with van der Waals surface area (Å²) in [5.74, 6) is 0.115. The number of thiophene rings is 1. The summed E-state index contributed by atoms with van der Waals surface area (Å²) in [5.41, 5.74) is 7.18. The molecule has 0 radical (unpaired) electrons. The topological polar surface area (TPSA) is 99.3 Å². The van der Waals surface area contributed by atoms with Crippen molar-refractivity contribution in [3.63, 3.8) is 0 Å².